The predicted molar refractivity (Wildman–Crippen MR) is 121 cm³/mol. The molecule has 2 aliphatic rings. The summed E-state index contributed by atoms with van der Waals surface area (Å²) in [6.07, 6.45) is 5.57. The molecule has 1 saturated heterocycles. The first-order valence-corrected chi connectivity index (χ1v) is 9.87. The number of halogens is 2. The summed E-state index contributed by atoms with van der Waals surface area (Å²) >= 11 is 0. The smallest absolute Gasteiger partial charge is 0.522 e. The van der Waals surface area contributed by atoms with E-state index < -0.39 is 13.1 Å². The second-order valence-electron chi connectivity index (χ2n) is 7.48. The molecular formula is C19H27BCl2N4O5. The van der Waals surface area contributed by atoms with Crippen LogP contribution in [0.25, 0.3) is 0 Å². The Balaban J connectivity index is 0.00000171. The Morgan fingerprint density at radius 1 is 1.32 bits per heavy atom. The molecule has 4 N–H and O–H groups in total. The summed E-state index contributed by atoms with van der Waals surface area (Å²) in [7, 11) is -0.983. The normalized spacial score (nSPS) is 15.7. The van der Waals surface area contributed by atoms with Crippen molar-refractivity contribution in [3.05, 3.63) is 41.5 Å². The Kier molecular flexibility index (Phi) is 9.02. The summed E-state index contributed by atoms with van der Waals surface area (Å²) in [4.78, 5) is 18.4. The van der Waals surface area contributed by atoms with Crippen molar-refractivity contribution in [3.8, 4) is 11.5 Å². The van der Waals surface area contributed by atoms with Crippen LogP contribution in [0.5, 0.6) is 11.5 Å². The van der Waals surface area contributed by atoms with Crippen LogP contribution in [0, 0.1) is 0 Å². The quantitative estimate of drug-likeness (QED) is 0.488. The number of likely N-dealkylation sites (tertiary alicyclic amines) is 1. The summed E-state index contributed by atoms with van der Waals surface area (Å²) in [5.41, 5.74) is 7.32. The van der Waals surface area contributed by atoms with Crippen LogP contribution in [0.15, 0.2) is 24.7 Å². The minimum Gasteiger partial charge on any atom is -0.535 e. The maximum absolute atomic E-state index is 11.8. The van der Waals surface area contributed by atoms with E-state index in [9.17, 15) is 14.9 Å². The van der Waals surface area contributed by atoms with Crippen molar-refractivity contribution in [3.63, 3.8) is 0 Å². The zero-order valence-electron chi connectivity index (χ0n) is 17.0. The van der Waals surface area contributed by atoms with Gasteiger partial charge in [-0.3, -0.25) is 4.90 Å². The molecule has 3 heterocycles. The second-order valence-corrected chi connectivity index (χ2v) is 7.48. The Hall–Kier alpha value is -1.98. The summed E-state index contributed by atoms with van der Waals surface area (Å²) in [5.74, 6) is -0.607. The molecule has 1 fully saturated rings. The molecule has 0 amide bonds. The minimum absolute atomic E-state index is 0. The molecule has 2 aliphatic heterocycles. The van der Waals surface area contributed by atoms with Gasteiger partial charge in [-0.1, -0.05) is 6.07 Å². The van der Waals surface area contributed by atoms with Crippen LogP contribution in [0.3, 0.4) is 0 Å². The van der Waals surface area contributed by atoms with Gasteiger partial charge in [0.1, 0.15) is 23.2 Å². The maximum atomic E-state index is 11.8. The molecule has 0 spiro atoms. The number of carboxylic acids is 1. The number of hydrogen-bond acceptors (Lipinski definition) is 7. The van der Waals surface area contributed by atoms with E-state index in [1.807, 2.05) is 23.2 Å². The fourth-order valence-electron chi connectivity index (χ4n) is 3.74. The lowest BCUT2D eigenvalue weighted by Gasteiger charge is -2.39. The van der Waals surface area contributed by atoms with Gasteiger partial charge in [-0.25, -0.2) is 9.78 Å². The third-order valence-corrected chi connectivity index (χ3v) is 5.31. The molecule has 0 saturated carbocycles. The van der Waals surface area contributed by atoms with Crippen LogP contribution in [-0.2, 0) is 19.4 Å². The molecule has 9 nitrogen and oxygen atoms in total. The van der Waals surface area contributed by atoms with E-state index >= 15 is 0 Å². The highest BCUT2D eigenvalue weighted by molar-refractivity contribution is 6.44. The lowest BCUT2D eigenvalue weighted by molar-refractivity contribution is 0.0168. The molecule has 170 valence electrons. The Bertz CT molecular complexity index is 894. The molecular weight excluding hydrogens is 446 g/mol. The number of aryl methyl sites for hydroxylation is 1. The molecule has 0 bridgehead atoms. The van der Waals surface area contributed by atoms with Gasteiger partial charge in [0.15, 0.2) is 0 Å². The Labute approximate surface area is 193 Å². The number of imidazole rings is 1. The molecule has 0 unspecified atom stereocenters. The number of aromatic nitrogens is 2. The largest absolute Gasteiger partial charge is 0.535 e. The molecule has 0 radical (unpaired) electrons. The first kappa shape index (κ1) is 25.3. The SMILES string of the molecule is Cl.Cl.NCCc1cn(CCN2CC(Oc3ccc4c(c3C(=O)O)OB(O)CC4)C2)cn1. The van der Waals surface area contributed by atoms with Gasteiger partial charge in [0.05, 0.1) is 12.0 Å². The standard InChI is InChI=1S/C19H25BN4O5.2ClH/c21-6-4-14-9-24(12-22-14)8-7-23-10-15(11-23)28-16-2-1-13-3-5-20(27)29-18(13)17(16)19(25)26;;/h1-2,9,12,15,27H,3-8,10-11,21H2,(H,25,26);2*1H. The lowest BCUT2D eigenvalue weighted by Crippen LogP contribution is -2.54. The molecule has 31 heavy (non-hydrogen) atoms. The molecule has 1 aromatic heterocycles. The van der Waals surface area contributed by atoms with Crippen LogP contribution in [0.1, 0.15) is 21.6 Å². The number of nitrogens with zero attached hydrogens (tertiary/aromatic N) is 3. The van der Waals surface area contributed by atoms with Crippen LogP contribution < -0.4 is 15.1 Å². The van der Waals surface area contributed by atoms with Crippen molar-refractivity contribution in [2.24, 2.45) is 5.73 Å². The monoisotopic (exact) mass is 472 g/mol. The van der Waals surface area contributed by atoms with Crippen molar-refractivity contribution in [1.29, 1.82) is 0 Å². The molecule has 0 atom stereocenters. The van der Waals surface area contributed by atoms with Crippen molar-refractivity contribution < 1.29 is 24.3 Å². The Morgan fingerprint density at radius 3 is 2.81 bits per heavy atom. The fraction of sp³-hybridized carbons (Fsp3) is 0.474. The van der Waals surface area contributed by atoms with Crippen LogP contribution in [0.2, 0.25) is 6.32 Å². The fourth-order valence-corrected chi connectivity index (χ4v) is 3.74. The van der Waals surface area contributed by atoms with Gasteiger partial charge >= 0.3 is 13.1 Å². The first-order valence-electron chi connectivity index (χ1n) is 9.87. The third-order valence-electron chi connectivity index (χ3n) is 5.31. The van der Waals surface area contributed by atoms with Gasteiger partial charge in [0.2, 0.25) is 0 Å². The van der Waals surface area contributed by atoms with E-state index in [0.717, 1.165) is 43.9 Å². The van der Waals surface area contributed by atoms with Crippen LogP contribution in [-0.4, -0.2) is 70.0 Å². The topological polar surface area (TPSA) is 123 Å². The van der Waals surface area contributed by atoms with Gasteiger partial charge in [0, 0.05) is 38.8 Å². The number of hydrogen-bond donors (Lipinski definition) is 3. The maximum Gasteiger partial charge on any atom is 0.522 e. The van der Waals surface area contributed by atoms with E-state index in [-0.39, 0.29) is 48.0 Å². The average Bonchev–Trinajstić information content (AvgIpc) is 3.10. The third kappa shape index (κ3) is 5.84. The highest BCUT2D eigenvalue weighted by Gasteiger charge is 2.33. The minimum atomic E-state index is -1.12. The number of ether oxygens (including phenoxy) is 1. The van der Waals surface area contributed by atoms with Crippen molar-refractivity contribution in [2.75, 3.05) is 26.2 Å². The number of nitrogens with two attached hydrogens (primary N) is 1. The van der Waals surface area contributed by atoms with E-state index in [2.05, 4.69) is 9.88 Å². The van der Waals surface area contributed by atoms with E-state index in [0.29, 0.717) is 19.3 Å². The van der Waals surface area contributed by atoms with Gasteiger partial charge in [0.25, 0.3) is 0 Å². The van der Waals surface area contributed by atoms with Gasteiger partial charge in [-0.05, 0) is 30.9 Å². The van der Waals surface area contributed by atoms with Gasteiger partial charge in [-0.2, -0.15) is 0 Å². The summed E-state index contributed by atoms with van der Waals surface area (Å²) in [6, 6.07) is 3.51. The van der Waals surface area contributed by atoms with Crippen molar-refractivity contribution in [2.45, 2.75) is 31.8 Å². The lowest BCUT2D eigenvalue weighted by atomic mass is 9.78. The number of carbonyl (C=O) groups is 1. The van der Waals surface area contributed by atoms with E-state index in [4.69, 9.17) is 15.1 Å². The molecule has 1 aromatic carbocycles. The van der Waals surface area contributed by atoms with E-state index in [1.54, 1.807) is 6.07 Å². The van der Waals surface area contributed by atoms with Gasteiger partial charge < -0.3 is 29.8 Å². The van der Waals surface area contributed by atoms with Crippen LogP contribution >= 0.6 is 24.8 Å². The molecule has 12 heteroatoms. The zero-order valence-corrected chi connectivity index (χ0v) is 18.6. The number of carboxylic acid groups (broad SMARTS) is 1. The summed E-state index contributed by atoms with van der Waals surface area (Å²) < 4.78 is 13.4. The highest BCUT2D eigenvalue weighted by Crippen LogP contribution is 2.37. The molecule has 2 aromatic rings. The number of benzene rings is 1. The summed E-state index contributed by atoms with van der Waals surface area (Å²) in [5, 5.41) is 19.4. The van der Waals surface area contributed by atoms with E-state index in [1.165, 1.54) is 0 Å². The zero-order chi connectivity index (χ0) is 20.4. The second kappa shape index (κ2) is 11.1. The number of rotatable bonds is 8. The average molecular weight is 473 g/mol. The van der Waals surface area contributed by atoms with Crippen molar-refractivity contribution in [1.82, 2.24) is 14.5 Å². The number of aromatic carboxylic acids is 1. The number of fused-ring (bicyclic) bond motifs is 1. The first-order chi connectivity index (χ1) is 14.0. The highest BCUT2D eigenvalue weighted by atomic mass is 35.5. The predicted octanol–water partition coefficient (Wildman–Crippen LogP) is 1.10. The van der Waals surface area contributed by atoms with Crippen LogP contribution in [0.4, 0.5) is 0 Å². The van der Waals surface area contributed by atoms with Gasteiger partial charge in [-0.15, -0.1) is 24.8 Å². The van der Waals surface area contributed by atoms with Crippen molar-refractivity contribution >= 4 is 37.9 Å². The molecule has 0 aliphatic carbocycles. The Morgan fingerprint density at radius 2 is 2.10 bits per heavy atom. The summed E-state index contributed by atoms with van der Waals surface area (Å²) in [6.45, 7) is 3.74. The molecule has 4 rings (SSSR count).